The van der Waals surface area contributed by atoms with Gasteiger partial charge in [-0.25, -0.2) is 0 Å². The van der Waals surface area contributed by atoms with Gasteiger partial charge in [-0.3, -0.25) is 4.79 Å². The highest BCUT2D eigenvalue weighted by Gasteiger charge is 2.01. The predicted molar refractivity (Wildman–Crippen MR) is 58.0 cm³/mol. The number of hydrogen-bond acceptors (Lipinski definition) is 3. The summed E-state index contributed by atoms with van der Waals surface area (Å²) in [6.45, 7) is 3.43. The summed E-state index contributed by atoms with van der Waals surface area (Å²) in [6, 6.07) is 0. The Morgan fingerprint density at radius 2 is 1.93 bits per heavy atom. The Morgan fingerprint density at radius 1 is 1.14 bits per heavy atom. The Balaban J connectivity index is 3.11. The van der Waals surface area contributed by atoms with Gasteiger partial charge in [0.05, 0.1) is 6.61 Å². The van der Waals surface area contributed by atoms with Gasteiger partial charge in [0.2, 0.25) is 0 Å². The standard InChI is InChI=1S/C11H23NO2/c1-2-3-7-10-14-11(13)8-5-4-6-9-12/h2-10,12H2,1H3. The Bertz CT molecular complexity index is 123. The summed E-state index contributed by atoms with van der Waals surface area (Å²) in [5.41, 5.74) is 5.34. The molecule has 0 heterocycles. The smallest absolute Gasteiger partial charge is 0.305 e. The molecule has 14 heavy (non-hydrogen) atoms. The molecule has 0 unspecified atom stereocenters. The third-order valence-corrected chi connectivity index (χ3v) is 2.10. The Kier molecular flexibility index (Phi) is 10.1. The minimum Gasteiger partial charge on any atom is -0.466 e. The zero-order valence-electron chi connectivity index (χ0n) is 9.26. The van der Waals surface area contributed by atoms with Crippen molar-refractivity contribution >= 4 is 5.97 Å². The molecule has 0 aliphatic rings. The van der Waals surface area contributed by atoms with Gasteiger partial charge in [0.15, 0.2) is 0 Å². The second-order valence-corrected chi connectivity index (χ2v) is 3.53. The lowest BCUT2D eigenvalue weighted by molar-refractivity contribution is -0.143. The van der Waals surface area contributed by atoms with Crippen molar-refractivity contribution in [2.75, 3.05) is 13.2 Å². The van der Waals surface area contributed by atoms with Crippen molar-refractivity contribution in [3.63, 3.8) is 0 Å². The van der Waals surface area contributed by atoms with E-state index in [0.29, 0.717) is 19.6 Å². The normalized spacial score (nSPS) is 10.1. The van der Waals surface area contributed by atoms with E-state index in [0.717, 1.165) is 38.5 Å². The van der Waals surface area contributed by atoms with E-state index in [2.05, 4.69) is 6.92 Å². The quantitative estimate of drug-likeness (QED) is 0.460. The Labute approximate surface area is 87.0 Å². The van der Waals surface area contributed by atoms with Gasteiger partial charge in [-0.1, -0.05) is 26.2 Å². The summed E-state index contributed by atoms with van der Waals surface area (Å²) in [5.74, 6) is -0.0573. The van der Waals surface area contributed by atoms with Crippen LogP contribution in [0.4, 0.5) is 0 Å². The topological polar surface area (TPSA) is 52.3 Å². The number of esters is 1. The van der Waals surface area contributed by atoms with Gasteiger partial charge < -0.3 is 10.5 Å². The van der Waals surface area contributed by atoms with Crippen LogP contribution in [-0.4, -0.2) is 19.1 Å². The first kappa shape index (κ1) is 13.4. The Hall–Kier alpha value is -0.570. The number of unbranched alkanes of at least 4 members (excludes halogenated alkanes) is 4. The van der Waals surface area contributed by atoms with Crippen LogP contribution in [0.5, 0.6) is 0 Å². The van der Waals surface area contributed by atoms with Gasteiger partial charge in [-0.2, -0.15) is 0 Å². The maximum atomic E-state index is 11.1. The van der Waals surface area contributed by atoms with Gasteiger partial charge >= 0.3 is 5.97 Å². The monoisotopic (exact) mass is 201 g/mol. The number of carbonyl (C=O) groups excluding carboxylic acids is 1. The summed E-state index contributed by atoms with van der Waals surface area (Å²) < 4.78 is 5.05. The number of hydrogen-bond donors (Lipinski definition) is 1. The molecule has 0 atom stereocenters. The summed E-state index contributed by atoms with van der Waals surface area (Å²) in [6.07, 6.45) is 6.78. The summed E-state index contributed by atoms with van der Waals surface area (Å²) in [7, 11) is 0. The van der Waals surface area contributed by atoms with Crippen LogP contribution in [0.3, 0.4) is 0 Å². The highest BCUT2D eigenvalue weighted by molar-refractivity contribution is 5.69. The van der Waals surface area contributed by atoms with Crippen LogP contribution in [0.15, 0.2) is 0 Å². The van der Waals surface area contributed by atoms with Crippen LogP contribution < -0.4 is 5.73 Å². The molecule has 2 N–H and O–H groups in total. The molecular formula is C11H23NO2. The van der Waals surface area contributed by atoms with E-state index in [1.807, 2.05) is 0 Å². The third kappa shape index (κ3) is 9.52. The first-order valence-electron chi connectivity index (χ1n) is 5.67. The molecule has 0 aliphatic carbocycles. The highest BCUT2D eigenvalue weighted by atomic mass is 16.5. The lowest BCUT2D eigenvalue weighted by Gasteiger charge is -2.03. The molecule has 0 fully saturated rings. The largest absolute Gasteiger partial charge is 0.466 e. The van der Waals surface area contributed by atoms with E-state index in [1.165, 1.54) is 0 Å². The molecule has 0 bridgehead atoms. The molecule has 0 spiro atoms. The van der Waals surface area contributed by atoms with Crippen LogP contribution in [0.25, 0.3) is 0 Å². The molecular weight excluding hydrogens is 178 g/mol. The van der Waals surface area contributed by atoms with Gasteiger partial charge in [0.25, 0.3) is 0 Å². The number of rotatable bonds is 9. The number of nitrogens with two attached hydrogens (primary N) is 1. The SMILES string of the molecule is CCCCCOC(=O)CCCCCN. The van der Waals surface area contributed by atoms with Crippen molar-refractivity contribution in [3.8, 4) is 0 Å². The average Bonchev–Trinajstić information content (AvgIpc) is 2.19. The molecule has 3 nitrogen and oxygen atoms in total. The van der Waals surface area contributed by atoms with Gasteiger partial charge in [-0.15, -0.1) is 0 Å². The number of carbonyl (C=O) groups is 1. The fourth-order valence-corrected chi connectivity index (χ4v) is 1.20. The van der Waals surface area contributed by atoms with E-state index in [4.69, 9.17) is 10.5 Å². The van der Waals surface area contributed by atoms with E-state index in [1.54, 1.807) is 0 Å². The molecule has 0 radical (unpaired) electrons. The van der Waals surface area contributed by atoms with E-state index < -0.39 is 0 Å². The summed E-state index contributed by atoms with van der Waals surface area (Å²) in [4.78, 5) is 11.1. The van der Waals surface area contributed by atoms with Crippen molar-refractivity contribution in [2.45, 2.75) is 51.9 Å². The van der Waals surface area contributed by atoms with Crippen LogP contribution in [0.2, 0.25) is 0 Å². The minimum atomic E-state index is -0.0573. The van der Waals surface area contributed by atoms with E-state index in [-0.39, 0.29) is 5.97 Å². The van der Waals surface area contributed by atoms with Crippen molar-refractivity contribution in [2.24, 2.45) is 5.73 Å². The Morgan fingerprint density at radius 3 is 2.57 bits per heavy atom. The molecule has 0 rings (SSSR count). The fraction of sp³-hybridized carbons (Fsp3) is 0.909. The highest BCUT2D eigenvalue weighted by Crippen LogP contribution is 2.01. The number of ether oxygens (including phenoxy) is 1. The van der Waals surface area contributed by atoms with Crippen molar-refractivity contribution in [3.05, 3.63) is 0 Å². The van der Waals surface area contributed by atoms with Crippen LogP contribution >= 0.6 is 0 Å². The fourth-order valence-electron chi connectivity index (χ4n) is 1.20. The zero-order valence-corrected chi connectivity index (χ0v) is 9.26. The molecule has 0 saturated carbocycles. The van der Waals surface area contributed by atoms with Crippen LogP contribution in [0.1, 0.15) is 51.9 Å². The van der Waals surface area contributed by atoms with Crippen LogP contribution in [-0.2, 0) is 9.53 Å². The molecule has 0 aromatic rings. The minimum absolute atomic E-state index is 0.0573. The van der Waals surface area contributed by atoms with Gasteiger partial charge in [0, 0.05) is 6.42 Å². The summed E-state index contributed by atoms with van der Waals surface area (Å²) in [5, 5.41) is 0. The summed E-state index contributed by atoms with van der Waals surface area (Å²) >= 11 is 0. The predicted octanol–water partition coefficient (Wildman–Crippen LogP) is 2.24. The first-order chi connectivity index (χ1) is 6.81. The van der Waals surface area contributed by atoms with Gasteiger partial charge in [-0.05, 0) is 25.8 Å². The first-order valence-corrected chi connectivity index (χ1v) is 5.67. The lowest BCUT2D eigenvalue weighted by atomic mass is 10.2. The second-order valence-electron chi connectivity index (χ2n) is 3.53. The molecule has 0 aliphatic heterocycles. The molecule has 0 aromatic carbocycles. The van der Waals surface area contributed by atoms with E-state index in [9.17, 15) is 4.79 Å². The van der Waals surface area contributed by atoms with Crippen molar-refractivity contribution in [1.82, 2.24) is 0 Å². The lowest BCUT2D eigenvalue weighted by Crippen LogP contribution is -2.06. The van der Waals surface area contributed by atoms with Gasteiger partial charge in [0.1, 0.15) is 0 Å². The van der Waals surface area contributed by atoms with E-state index >= 15 is 0 Å². The maximum absolute atomic E-state index is 11.1. The average molecular weight is 201 g/mol. The van der Waals surface area contributed by atoms with Crippen molar-refractivity contribution < 1.29 is 9.53 Å². The van der Waals surface area contributed by atoms with Crippen LogP contribution in [0, 0.1) is 0 Å². The molecule has 0 aromatic heterocycles. The second kappa shape index (κ2) is 10.5. The maximum Gasteiger partial charge on any atom is 0.305 e. The van der Waals surface area contributed by atoms with Crippen molar-refractivity contribution in [1.29, 1.82) is 0 Å². The third-order valence-electron chi connectivity index (χ3n) is 2.10. The molecule has 0 saturated heterocycles. The molecule has 3 heteroatoms. The zero-order chi connectivity index (χ0) is 10.6. The molecule has 0 amide bonds. The molecule has 84 valence electrons.